The van der Waals surface area contributed by atoms with Crippen molar-refractivity contribution in [2.24, 2.45) is 0 Å². The van der Waals surface area contributed by atoms with Crippen molar-refractivity contribution >= 4 is 15.4 Å². The lowest BCUT2D eigenvalue weighted by Crippen LogP contribution is -2.31. The van der Waals surface area contributed by atoms with Crippen molar-refractivity contribution in [3.05, 3.63) is 0 Å². The summed E-state index contributed by atoms with van der Waals surface area (Å²) in [7, 11) is -10.4. The molecular formula is C10H24O8P2. The highest BCUT2D eigenvalue weighted by Gasteiger charge is 2.50. The minimum Gasteiger partial charge on any atom is -0.356 e. The summed E-state index contributed by atoms with van der Waals surface area (Å²) < 4.78 is 25.7. The van der Waals surface area contributed by atoms with E-state index >= 15 is 0 Å². The summed E-state index contributed by atoms with van der Waals surface area (Å²) in [5.74, 6) is 0. The number of rotatable bonds is 11. The smallest absolute Gasteiger partial charge is 0.356 e. The molecule has 20 heavy (non-hydrogen) atoms. The first kappa shape index (κ1) is 20.2. The molecule has 8 nitrogen and oxygen atoms in total. The molecule has 0 bridgehead atoms. The minimum absolute atomic E-state index is 0.202. The van der Waals surface area contributed by atoms with Crippen LogP contribution in [0.2, 0.25) is 0 Å². The van der Waals surface area contributed by atoms with Crippen LogP contribution in [0.1, 0.15) is 58.3 Å². The van der Waals surface area contributed by atoms with Crippen LogP contribution in [0, 0.1) is 0 Å². The monoisotopic (exact) mass is 334 g/mol. The molecule has 0 aliphatic rings. The third kappa shape index (κ3) is 8.49. The minimum atomic E-state index is -5.21. The number of phosphoric acid groups is 1. The van der Waals surface area contributed by atoms with Crippen LogP contribution in [0.5, 0.6) is 0 Å². The van der Waals surface area contributed by atoms with Crippen LogP contribution in [0.25, 0.3) is 0 Å². The lowest BCUT2D eigenvalue weighted by Gasteiger charge is -2.28. The molecule has 0 rings (SSSR count). The van der Waals surface area contributed by atoms with Gasteiger partial charge in [-0.05, 0) is 6.42 Å². The SMILES string of the molecule is CCCCCCCCCC(O)(OP(=O)(O)O)P(=O)(O)O. The Labute approximate surface area is 118 Å². The van der Waals surface area contributed by atoms with Crippen molar-refractivity contribution in [2.45, 2.75) is 63.8 Å². The molecule has 0 aromatic rings. The van der Waals surface area contributed by atoms with E-state index < -0.39 is 27.4 Å². The molecule has 1 unspecified atom stereocenters. The second kappa shape index (κ2) is 8.61. The van der Waals surface area contributed by atoms with Crippen molar-refractivity contribution in [3.8, 4) is 0 Å². The van der Waals surface area contributed by atoms with E-state index in [1.165, 1.54) is 0 Å². The van der Waals surface area contributed by atoms with E-state index in [0.29, 0.717) is 6.42 Å². The van der Waals surface area contributed by atoms with Gasteiger partial charge in [-0.3, -0.25) is 4.57 Å². The Balaban J connectivity index is 4.27. The van der Waals surface area contributed by atoms with Crippen molar-refractivity contribution in [1.82, 2.24) is 0 Å². The Morgan fingerprint density at radius 1 is 0.900 bits per heavy atom. The van der Waals surface area contributed by atoms with E-state index in [2.05, 4.69) is 11.4 Å². The number of unbranched alkanes of at least 4 members (excludes halogenated alkanes) is 6. The first-order valence-electron chi connectivity index (χ1n) is 6.56. The van der Waals surface area contributed by atoms with Gasteiger partial charge >= 0.3 is 15.4 Å². The number of phosphoric ester groups is 1. The van der Waals surface area contributed by atoms with E-state index in [9.17, 15) is 14.2 Å². The molecule has 5 N–H and O–H groups in total. The van der Waals surface area contributed by atoms with Crippen molar-refractivity contribution in [2.75, 3.05) is 0 Å². The first-order valence-corrected chi connectivity index (χ1v) is 9.70. The second-order valence-corrected chi connectivity index (χ2v) is 7.69. The zero-order valence-corrected chi connectivity index (χ0v) is 13.3. The molecule has 0 aliphatic heterocycles. The molecule has 0 aromatic carbocycles. The van der Waals surface area contributed by atoms with Gasteiger partial charge in [0.05, 0.1) is 0 Å². The fourth-order valence-electron chi connectivity index (χ4n) is 1.75. The Kier molecular flexibility index (Phi) is 8.71. The van der Waals surface area contributed by atoms with E-state index in [1.807, 2.05) is 0 Å². The molecule has 0 spiro atoms. The maximum Gasteiger partial charge on any atom is 0.472 e. The molecule has 0 radical (unpaired) electrons. The third-order valence-corrected chi connectivity index (χ3v) is 4.74. The molecule has 10 heteroatoms. The highest BCUT2D eigenvalue weighted by molar-refractivity contribution is 7.54. The van der Waals surface area contributed by atoms with Crippen LogP contribution in [0.15, 0.2) is 0 Å². The van der Waals surface area contributed by atoms with Gasteiger partial charge in [-0.1, -0.05) is 45.4 Å². The molecule has 0 fully saturated rings. The van der Waals surface area contributed by atoms with E-state index in [4.69, 9.17) is 19.6 Å². The van der Waals surface area contributed by atoms with Gasteiger partial charge in [0.15, 0.2) is 0 Å². The summed E-state index contributed by atoms with van der Waals surface area (Å²) in [5, 5.41) is 9.65. The molecule has 1 atom stereocenters. The van der Waals surface area contributed by atoms with Crippen molar-refractivity contribution in [3.63, 3.8) is 0 Å². The molecular weight excluding hydrogens is 310 g/mol. The van der Waals surface area contributed by atoms with Crippen LogP contribution in [0.3, 0.4) is 0 Å². The van der Waals surface area contributed by atoms with Gasteiger partial charge in [-0.2, -0.15) is 0 Å². The van der Waals surface area contributed by atoms with E-state index in [-0.39, 0.29) is 6.42 Å². The normalized spacial score (nSPS) is 16.1. The van der Waals surface area contributed by atoms with Gasteiger partial charge in [-0.25, -0.2) is 9.09 Å². The lowest BCUT2D eigenvalue weighted by molar-refractivity contribution is -0.102. The number of aliphatic hydroxyl groups is 1. The van der Waals surface area contributed by atoms with Gasteiger partial charge in [0.1, 0.15) is 0 Å². The summed E-state index contributed by atoms with van der Waals surface area (Å²) >= 11 is 0. The van der Waals surface area contributed by atoms with Crippen LogP contribution in [0.4, 0.5) is 0 Å². The molecule has 0 saturated carbocycles. The Hall–Kier alpha value is 0.220. The molecule has 0 saturated heterocycles. The Morgan fingerprint density at radius 3 is 1.75 bits per heavy atom. The fourth-order valence-corrected chi connectivity index (χ4v) is 3.41. The highest BCUT2D eigenvalue weighted by atomic mass is 31.2. The van der Waals surface area contributed by atoms with Crippen LogP contribution >= 0.6 is 15.4 Å². The number of hydrogen-bond donors (Lipinski definition) is 5. The third-order valence-electron chi connectivity index (χ3n) is 2.83. The van der Waals surface area contributed by atoms with E-state index in [1.54, 1.807) is 0 Å². The molecule has 0 heterocycles. The Morgan fingerprint density at radius 2 is 1.35 bits per heavy atom. The van der Waals surface area contributed by atoms with Crippen LogP contribution in [-0.2, 0) is 13.7 Å². The van der Waals surface area contributed by atoms with Gasteiger partial charge in [0.2, 0.25) is 0 Å². The van der Waals surface area contributed by atoms with E-state index in [0.717, 1.165) is 32.1 Å². The predicted molar refractivity (Wildman–Crippen MR) is 72.7 cm³/mol. The number of hydrogen-bond acceptors (Lipinski definition) is 4. The quantitative estimate of drug-likeness (QED) is 0.219. The maximum absolute atomic E-state index is 11.1. The lowest BCUT2D eigenvalue weighted by atomic mass is 10.1. The summed E-state index contributed by atoms with van der Waals surface area (Å²) in [4.78, 5) is 35.1. The average Bonchev–Trinajstić information content (AvgIpc) is 2.24. The van der Waals surface area contributed by atoms with Gasteiger partial charge in [0.25, 0.3) is 5.53 Å². The largest absolute Gasteiger partial charge is 0.472 e. The molecule has 0 aromatic heterocycles. The summed E-state index contributed by atoms with van der Waals surface area (Å²) in [6, 6.07) is 0. The highest BCUT2D eigenvalue weighted by Crippen LogP contribution is 2.58. The standard InChI is InChI=1S/C10H24O8P2/c1-2-3-4-5-6-7-8-9-10(11,19(12,13)14)18-20(15,16)17/h11H,2-9H2,1H3,(H2,12,13,14)(H2,15,16,17). The van der Waals surface area contributed by atoms with Crippen molar-refractivity contribution in [1.29, 1.82) is 0 Å². The summed E-state index contributed by atoms with van der Waals surface area (Å²) in [5.41, 5.74) is -3.13. The summed E-state index contributed by atoms with van der Waals surface area (Å²) in [6.45, 7) is 2.08. The van der Waals surface area contributed by atoms with Crippen LogP contribution < -0.4 is 0 Å². The Bertz CT molecular complexity index is 362. The van der Waals surface area contributed by atoms with Crippen LogP contribution in [-0.4, -0.2) is 30.2 Å². The van der Waals surface area contributed by atoms with Gasteiger partial charge in [0, 0.05) is 6.42 Å². The topological polar surface area (TPSA) is 145 Å². The molecule has 0 amide bonds. The first-order chi connectivity index (χ1) is 9.02. The van der Waals surface area contributed by atoms with Gasteiger partial charge < -0.3 is 24.7 Å². The summed E-state index contributed by atoms with van der Waals surface area (Å²) in [6.07, 6.45) is 5.36. The average molecular weight is 334 g/mol. The fraction of sp³-hybridized carbons (Fsp3) is 1.00. The van der Waals surface area contributed by atoms with Crippen molar-refractivity contribution < 1.29 is 38.3 Å². The zero-order chi connectivity index (χ0) is 15.9. The zero-order valence-electron chi connectivity index (χ0n) is 11.5. The molecule has 0 aliphatic carbocycles. The maximum atomic E-state index is 11.1. The van der Waals surface area contributed by atoms with Gasteiger partial charge in [-0.15, -0.1) is 0 Å². The molecule has 122 valence electrons. The predicted octanol–water partition coefficient (Wildman–Crippen LogP) is 2.06. The second-order valence-electron chi connectivity index (χ2n) is 4.74.